The number of nitriles is 3. The fourth-order valence-corrected chi connectivity index (χ4v) is 3.77. The number of allylic oxidation sites excluding steroid dienone is 1. The van der Waals surface area contributed by atoms with Crippen LogP contribution in [0.2, 0.25) is 0 Å². The summed E-state index contributed by atoms with van der Waals surface area (Å²) < 4.78 is 1.98. The van der Waals surface area contributed by atoms with Crippen molar-refractivity contribution >= 4 is 33.6 Å². The lowest BCUT2D eigenvalue weighted by molar-refractivity contribution is 1.16. The van der Waals surface area contributed by atoms with E-state index < -0.39 is 0 Å². The first-order valence-corrected chi connectivity index (χ1v) is 9.42. The Morgan fingerprint density at radius 2 is 1.48 bits per heavy atom. The number of benzene rings is 3. The van der Waals surface area contributed by atoms with Crippen LogP contribution >= 0.6 is 0 Å². The van der Waals surface area contributed by atoms with E-state index in [1.807, 2.05) is 41.0 Å². The quantitative estimate of drug-likeness (QED) is 0.513. The second kappa shape index (κ2) is 7.87. The number of aliphatic imine (C=N–C) groups is 1. The van der Waals surface area contributed by atoms with E-state index in [4.69, 9.17) is 5.73 Å². The third-order valence-corrected chi connectivity index (χ3v) is 5.16. The molecular formula is C25H16N6. The zero-order valence-electron chi connectivity index (χ0n) is 16.7. The van der Waals surface area contributed by atoms with Crippen molar-refractivity contribution in [3.05, 3.63) is 83.1 Å². The van der Waals surface area contributed by atoms with Gasteiger partial charge in [-0.1, -0.05) is 6.07 Å². The molecule has 146 valence electrons. The van der Waals surface area contributed by atoms with Crippen molar-refractivity contribution in [2.24, 2.45) is 10.7 Å². The Morgan fingerprint density at radius 1 is 0.871 bits per heavy atom. The molecular weight excluding hydrogens is 384 g/mol. The summed E-state index contributed by atoms with van der Waals surface area (Å²) in [6.07, 6.45) is 3.10. The molecule has 6 nitrogen and oxygen atoms in total. The van der Waals surface area contributed by atoms with Crippen LogP contribution in [0.1, 0.15) is 22.3 Å². The van der Waals surface area contributed by atoms with Gasteiger partial charge in [0.05, 0.1) is 45.5 Å². The van der Waals surface area contributed by atoms with Gasteiger partial charge in [0.1, 0.15) is 6.07 Å². The third kappa shape index (κ3) is 3.17. The molecule has 0 amide bonds. The molecule has 0 spiro atoms. The van der Waals surface area contributed by atoms with Crippen LogP contribution in [0, 0.1) is 34.0 Å². The molecule has 3 aromatic carbocycles. The highest BCUT2D eigenvalue weighted by Crippen LogP contribution is 2.34. The SMILES string of the molecule is CN=CC(=CN)c1ccc(-n2c3ccc(C#N)cc3c3cc(C#N)ccc32)c(C#N)c1. The number of hydrogen-bond acceptors (Lipinski definition) is 5. The second-order valence-corrected chi connectivity index (χ2v) is 6.88. The Bertz CT molecular complexity index is 1460. The van der Waals surface area contributed by atoms with Crippen LogP contribution in [-0.2, 0) is 0 Å². The molecule has 0 unspecified atom stereocenters. The van der Waals surface area contributed by atoms with Crippen molar-refractivity contribution in [2.45, 2.75) is 0 Å². The lowest BCUT2D eigenvalue weighted by atomic mass is 10.0. The van der Waals surface area contributed by atoms with E-state index in [0.717, 1.165) is 27.4 Å². The van der Waals surface area contributed by atoms with Crippen molar-refractivity contribution in [1.82, 2.24) is 4.57 Å². The summed E-state index contributed by atoms with van der Waals surface area (Å²) in [5, 5.41) is 30.3. The number of aromatic nitrogens is 1. The summed E-state index contributed by atoms with van der Waals surface area (Å²) >= 11 is 0. The van der Waals surface area contributed by atoms with Gasteiger partial charge >= 0.3 is 0 Å². The van der Waals surface area contributed by atoms with Crippen molar-refractivity contribution in [2.75, 3.05) is 7.05 Å². The summed E-state index contributed by atoms with van der Waals surface area (Å²) in [5.41, 5.74) is 11.1. The van der Waals surface area contributed by atoms with Gasteiger partial charge in [-0.25, -0.2) is 0 Å². The highest BCUT2D eigenvalue weighted by molar-refractivity contribution is 6.11. The molecule has 4 aromatic rings. The first-order valence-electron chi connectivity index (χ1n) is 9.42. The van der Waals surface area contributed by atoms with Crippen LogP contribution in [0.25, 0.3) is 33.1 Å². The van der Waals surface area contributed by atoms with E-state index in [2.05, 4.69) is 23.2 Å². The summed E-state index contributed by atoms with van der Waals surface area (Å²) in [6.45, 7) is 0. The van der Waals surface area contributed by atoms with Gasteiger partial charge in [-0.3, -0.25) is 4.99 Å². The molecule has 0 radical (unpaired) electrons. The van der Waals surface area contributed by atoms with Gasteiger partial charge in [0.25, 0.3) is 0 Å². The Hall–Kier alpha value is -4.86. The van der Waals surface area contributed by atoms with Crippen LogP contribution in [0.15, 0.2) is 65.8 Å². The zero-order valence-corrected chi connectivity index (χ0v) is 16.7. The molecule has 0 aliphatic heterocycles. The van der Waals surface area contributed by atoms with E-state index in [1.54, 1.807) is 31.5 Å². The predicted octanol–water partition coefficient (Wildman–Crippen LogP) is 4.40. The van der Waals surface area contributed by atoms with Gasteiger partial charge in [0.15, 0.2) is 0 Å². The summed E-state index contributed by atoms with van der Waals surface area (Å²) in [7, 11) is 1.66. The molecule has 0 atom stereocenters. The van der Waals surface area contributed by atoms with Gasteiger partial charge < -0.3 is 10.3 Å². The van der Waals surface area contributed by atoms with Gasteiger partial charge in [-0.2, -0.15) is 15.8 Å². The highest BCUT2D eigenvalue weighted by Gasteiger charge is 2.16. The van der Waals surface area contributed by atoms with E-state index in [-0.39, 0.29) is 0 Å². The molecule has 0 saturated carbocycles. The molecule has 0 aliphatic rings. The number of nitrogens with zero attached hydrogens (tertiary/aromatic N) is 5. The number of fused-ring (bicyclic) bond motifs is 3. The maximum atomic E-state index is 9.90. The Balaban J connectivity index is 2.07. The minimum absolute atomic E-state index is 0.467. The minimum Gasteiger partial charge on any atom is -0.404 e. The largest absolute Gasteiger partial charge is 0.404 e. The van der Waals surface area contributed by atoms with Crippen molar-refractivity contribution < 1.29 is 0 Å². The summed E-state index contributed by atoms with van der Waals surface area (Å²) in [5.74, 6) is 0. The lowest BCUT2D eigenvalue weighted by Gasteiger charge is -2.12. The van der Waals surface area contributed by atoms with Crippen molar-refractivity contribution in [3.8, 4) is 23.9 Å². The Morgan fingerprint density at radius 3 is 1.97 bits per heavy atom. The smallest absolute Gasteiger partial charge is 0.101 e. The molecule has 0 saturated heterocycles. The van der Waals surface area contributed by atoms with Crippen LogP contribution in [0.5, 0.6) is 0 Å². The maximum Gasteiger partial charge on any atom is 0.101 e. The van der Waals surface area contributed by atoms with E-state index in [1.165, 1.54) is 6.20 Å². The average molecular weight is 400 g/mol. The molecule has 0 aliphatic carbocycles. The molecule has 1 aromatic heterocycles. The van der Waals surface area contributed by atoms with E-state index >= 15 is 0 Å². The zero-order chi connectivity index (χ0) is 22.0. The number of rotatable bonds is 3. The van der Waals surface area contributed by atoms with E-state index in [0.29, 0.717) is 28.0 Å². The molecule has 2 N–H and O–H groups in total. The fourth-order valence-electron chi connectivity index (χ4n) is 3.77. The van der Waals surface area contributed by atoms with Crippen LogP contribution in [0.4, 0.5) is 0 Å². The molecule has 31 heavy (non-hydrogen) atoms. The monoisotopic (exact) mass is 400 g/mol. The standard InChI is InChI=1S/C25H16N6/c1-30-15-20(14-29)18-4-7-23(19(10-18)13-28)31-24-5-2-16(11-26)8-21(24)22-9-17(12-27)3-6-25(22)31/h2-10,14-15H,29H2,1H3. The summed E-state index contributed by atoms with van der Waals surface area (Å²) in [4.78, 5) is 4.01. The van der Waals surface area contributed by atoms with Crippen molar-refractivity contribution in [1.29, 1.82) is 15.8 Å². The van der Waals surface area contributed by atoms with Crippen LogP contribution in [0.3, 0.4) is 0 Å². The van der Waals surface area contributed by atoms with E-state index in [9.17, 15) is 15.8 Å². The van der Waals surface area contributed by atoms with Gasteiger partial charge in [-0.15, -0.1) is 0 Å². The van der Waals surface area contributed by atoms with Gasteiger partial charge in [0, 0.05) is 35.8 Å². The summed E-state index contributed by atoms with van der Waals surface area (Å²) in [6, 6.07) is 23.0. The highest BCUT2D eigenvalue weighted by atomic mass is 15.0. The number of nitrogens with two attached hydrogens (primary N) is 1. The molecule has 6 heteroatoms. The van der Waals surface area contributed by atoms with Gasteiger partial charge in [0.2, 0.25) is 0 Å². The minimum atomic E-state index is 0.467. The van der Waals surface area contributed by atoms with Crippen LogP contribution in [-0.4, -0.2) is 17.8 Å². The third-order valence-electron chi connectivity index (χ3n) is 5.16. The first kappa shape index (κ1) is 19.5. The Kier molecular flexibility index (Phi) is 4.94. The predicted molar refractivity (Wildman–Crippen MR) is 122 cm³/mol. The lowest BCUT2D eigenvalue weighted by Crippen LogP contribution is -2.00. The molecule has 1 heterocycles. The second-order valence-electron chi connectivity index (χ2n) is 6.88. The molecule has 0 fully saturated rings. The normalized spacial score (nSPS) is 11.5. The number of hydrogen-bond donors (Lipinski definition) is 1. The average Bonchev–Trinajstić information content (AvgIpc) is 3.14. The molecule has 4 rings (SSSR count). The maximum absolute atomic E-state index is 9.90. The topological polar surface area (TPSA) is 115 Å². The first-order chi connectivity index (χ1) is 15.1. The molecule has 0 bridgehead atoms. The van der Waals surface area contributed by atoms with Gasteiger partial charge in [-0.05, 0) is 54.1 Å². The fraction of sp³-hybridized carbons (Fsp3) is 0.0400. The Labute approximate surface area is 179 Å². The van der Waals surface area contributed by atoms with Crippen molar-refractivity contribution in [3.63, 3.8) is 0 Å². The van der Waals surface area contributed by atoms with Crippen LogP contribution < -0.4 is 5.73 Å².